The predicted octanol–water partition coefficient (Wildman–Crippen LogP) is 1.29. The summed E-state index contributed by atoms with van der Waals surface area (Å²) < 4.78 is 32.1. The van der Waals surface area contributed by atoms with E-state index in [2.05, 4.69) is 9.71 Å². The lowest BCUT2D eigenvalue weighted by Gasteiger charge is -2.01. The van der Waals surface area contributed by atoms with Crippen molar-refractivity contribution in [3.8, 4) is 0 Å². The van der Waals surface area contributed by atoms with Gasteiger partial charge in [0, 0.05) is 11.4 Å². The van der Waals surface area contributed by atoms with Gasteiger partial charge in [-0.3, -0.25) is 0 Å². The molecule has 0 spiro atoms. The van der Waals surface area contributed by atoms with E-state index in [1.165, 1.54) is 11.3 Å². The van der Waals surface area contributed by atoms with Gasteiger partial charge in [-0.2, -0.15) is 0 Å². The number of sulfonamides is 1. The normalized spacial score (nSPS) is 11.9. The van der Waals surface area contributed by atoms with E-state index in [9.17, 15) is 8.42 Å². The molecule has 19 heavy (non-hydrogen) atoms. The molecule has 6 nitrogen and oxygen atoms in total. The second kappa shape index (κ2) is 5.41. The molecule has 2 heterocycles. The summed E-state index contributed by atoms with van der Waals surface area (Å²) in [6.45, 7) is 3.96. The molecular weight excluding hydrogens is 286 g/mol. The maximum atomic E-state index is 12.1. The maximum absolute atomic E-state index is 12.1. The molecule has 0 amide bonds. The van der Waals surface area contributed by atoms with Gasteiger partial charge in [0.25, 0.3) is 10.0 Å². The lowest BCUT2D eigenvalue weighted by molar-refractivity contribution is 0.463. The number of nitrogens with zero attached hydrogens (tertiary/aromatic N) is 1. The molecule has 0 fully saturated rings. The van der Waals surface area contributed by atoms with Crippen LogP contribution in [0.5, 0.6) is 0 Å². The molecule has 3 N–H and O–H groups in total. The maximum Gasteiger partial charge on any atom is 0.250 e. The molecule has 2 rings (SSSR count). The Bertz CT molecular complexity index is 673. The first-order valence-corrected chi connectivity index (χ1v) is 7.92. The van der Waals surface area contributed by atoms with Crippen molar-refractivity contribution in [2.24, 2.45) is 5.73 Å². The highest BCUT2D eigenvalue weighted by Crippen LogP contribution is 2.25. The number of aryl methyl sites for hydroxylation is 2. The minimum atomic E-state index is -3.55. The third-order valence-electron chi connectivity index (χ3n) is 2.53. The highest BCUT2D eigenvalue weighted by atomic mass is 32.2. The number of nitrogens with two attached hydrogens (primary N) is 1. The van der Waals surface area contributed by atoms with Crippen molar-refractivity contribution >= 4 is 21.4 Å². The minimum Gasteiger partial charge on any atom is -0.445 e. The van der Waals surface area contributed by atoms with Gasteiger partial charge in [-0.25, -0.2) is 18.1 Å². The van der Waals surface area contributed by atoms with Gasteiger partial charge in [0.2, 0.25) is 5.89 Å². The fraction of sp³-hybridized carbons (Fsp3) is 0.364. The molecule has 0 aliphatic heterocycles. The molecule has 8 heteroatoms. The third kappa shape index (κ3) is 3.21. The fourth-order valence-corrected chi connectivity index (χ4v) is 4.02. The van der Waals surface area contributed by atoms with Crippen LogP contribution in [-0.4, -0.2) is 13.4 Å². The Kier molecular flexibility index (Phi) is 4.04. The van der Waals surface area contributed by atoms with Crippen LogP contribution in [0.3, 0.4) is 0 Å². The standard InChI is InChI=1S/C11H15N3O3S2/c1-7-3-11(18-9(7)4-12)19(15,16)14-6-10-13-5-8(2)17-10/h3,5,14H,4,6,12H2,1-2H3. The van der Waals surface area contributed by atoms with Gasteiger partial charge in [0.15, 0.2) is 0 Å². The summed E-state index contributed by atoms with van der Waals surface area (Å²) >= 11 is 1.18. The number of thiophene rings is 1. The molecule has 0 atom stereocenters. The van der Waals surface area contributed by atoms with Gasteiger partial charge < -0.3 is 10.2 Å². The van der Waals surface area contributed by atoms with E-state index in [1.54, 1.807) is 19.2 Å². The van der Waals surface area contributed by atoms with Crippen molar-refractivity contribution in [1.82, 2.24) is 9.71 Å². The van der Waals surface area contributed by atoms with Gasteiger partial charge in [0.05, 0.1) is 12.7 Å². The van der Waals surface area contributed by atoms with E-state index in [-0.39, 0.29) is 10.8 Å². The van der Waals surface area contributed by atoms with Crippen LogP contribution >= 0.6 is 11.3 Å². The highest BCUT2D eigenvalue weighted by molar-refractivity contribution is 7.91. The first kappa shape index (κ1) is 14.2. The lowest BCUT2D eigenvalue weighted by Crippen LogP contribution is -2.22. The van der Waals surface area contributed by atoms with Gasteiger partial charge in [-0.15, -0.1) is 11.3 Å². The van der Waals surface area contributed by atoms with Crippen molar-refractivity contribution in [3.05, 3.63) is 34.4 Å². The average Bonchev–Trinajstić information content (AvgIpc) is 2.93. The Morgan fingerprint density at radius 2 is 2.21 bits per heavy atom. The Labute approximate surface area is 115 Å². The topological polar surface area (TPSA) is 98.2 Å². The van der Waals surface area contributed by atoms with Crippen molar-refractivity contribution < 1.29 is 12.8 Å². The Hall–Kier alpha value is -1.22. The molecule has 104 valence electrons. The van der Waals surface area contributed by atoms with Crippen LogP contribution < -0.4 is 10.5 Å². The monoisotopic (exact) mass is 301 g/mol. The fourth-order valence-electron chi connectivity index (χ4n) is 1.53. The molecule has 0 unspecified atom stereocenters. The summed E-state index contributed by atoms with van der Waals surface area (Å²) in [6, 6.07) is 1.62. The molecule has 2 aromatic heterocycles. The summed E-state index contributed by atoms with van der Waals surface area (Å²) in [6.07, 6.45) is 1.55. The van der Waals surface area contributed by atoms with Gasteiger partial charge >= 0.3 is 0 Å². The molecule has 0 saturated carbocycles. The first-order valence-electron chi connectivity index (χ1n) is 5.62. The number of hydrogen-bond acceptors (Lipinski definition) is 6. The zero-order chi connectivity index (χ0) is 14.0. The summed E-state index contributed by atoms with van der Waals surface area (Å²) in [5.41, 5.74) is 6.43. The zero-order valence-corrected chi connectivity index (χ0v) is 12.3. The van der Waals surface area contributed by atoms with Crippen LogP contribution in [0.2, 0.25) is 0 Å². The van der Waals surface area contributed by atoms with E-state index in [4.69, 9.17) is 10.2 Å². The van der Waals surface area contributed by atoms with Crippen molar-refractivity contribution in [3.63, 3.8) is 0 Å². The first-order chi connectivity index (χ1) is 8.92. The van der Waals surface area contributed by atoms with E-state index in [1.807, 2.05) is 6.92 Å². The van der Waals surface area contributed by atoms with E-state index in [0.717, 1.165) is 10.4 Å². The SMILES string of the molecule is Cc1cnc(CNS(=O)(=O)c2cc(C)c(CN)s2)o1. The number of oxazole rings is 1. The second-order valence-electron chi connectivity index (χ2n) is 4.06. The van der Waals surface area contributed by atoms with Crippen LogP contribution in [0, 0.1) is 13.8 Å². The number of aromatic nitrogens is 1. The number of rotatable bonds is 5. The van der Waals surface area contributed by atoms with Crippen molar-refractivity contribution in [2.45, 2.75) is 31.1 Å². The average molecular weight is 301 g/mol. The summed E-state index contributed by atoms with van der Waals surface area (Å²) in [5.74, 6) is 0.986. The quantitative estimate of drug-likeness (QED) is 0.867. The van der Waals surface area contributed by atoms with Gasteiger partial charge in [-0.1, -0.05) is 0 Å². The summed E-state index contributed by atoms with van der Waals surface area (Å²) in [7, 11) is -3.55. The largest absolute Gasteiger partial charge is 0.445 e. The second-order valence-corrected chi connectivity index (χ2v) is 7.20. The number of nitrogens with one attached hydrogen (secondary N) is 1. The molecular formula is C11H15N3O3S2. The van der Waals surface area contributed by atoms with Crippen LogP contribution in [0.15, 0.2) is 20.9 Å². The molecule has 0 aliphatic carbocycles. The Morgan fingerprint density at radius 1 is 1.47 bits per heavy atom. The predicted molar refractivity (Wildman–Crippen MR) is 72.2 cm³/mol. The van der Waals surface area contributed by atoms with Crippen molar-refractivity contribution in [1.29, 1.82) is 0 Å². The van der Waals surface area contributed by atoms with E-state index >= 15 is 0 Å². The van der Waals surface area contributed by atoms with Gasteiger partial charge in [0.1, 0.15) is 9.97 Å². The lowest BCUT2D eigenvalue weighted by atomic mass is 10.3. The van der Waals surface area contributed by atoms with E-state index in [0.29, 0.717) is 18.2 Å². The minimum absolute atomic E-state index is 0.0328. The van der Waals surface area contributed by atoms with Crippen LogP contribution in [0.4, 0.5) is 0 Å². The van der Waals surface area contributed by atoms with Crippen LogP contribution in [0.25, 0.3) is 0 Å². The molecule has 0 radical (unpaired) electrons. The van der Waals surface area contributed by atoms with Crippen LogP contribution in [0.1, 0.15) is 22.1 Å². The molecule has 2 aromatic rings. The van der Waals surface area contributed by atoms with E-state index < -0.39 is 10.0 Å². The Morgan fingerprint density at radius 3 is 2.74 bits per heavy atom. The van der Waals surface area contributed by atoms with Crippen molar-refractivity contribution in [2.75, 3.05) is 0 Å². The summed E-state index contributed by atoms with van der Waals surface area (Å²) in [4.78, 5) is 4.81. The third-order valence-corrected chi connectivity index (χ3v) is 5.67. The summed E-state index contributed by atoms with van der Waals surface area (Å²) in [5, 5.41) is 0. The van der Waals surface area contributed by atoms with Gasteiger partial charge in [-0.05, 0) is 25.5 Å². The van der Waals surface area contributed by atoms with Crippen LogP contribution in [-0.2, 0) is 23.1 Å². The molecule has 0 aliphatic rings. The number of hydrogen-bond donors (Lipinski definition) is 2. The Balaban J connectivity index is 2.13. The highest BCUT2D eigenvalue weighted by Gasteiger charge is 2.19. The smallest absolute Gasteiger partial charge is 0.250 e. The molecule has 0 saturated heterocycles. The molecule has 0 bridgehead atoms. The zero-order valence-electron chi connectivity index (χ0n) is 10.6. The molecule has 0 aromatic carbocycles.